The van der Waals surface area contributed by atoms with Crippen molar-refractivity contribution in [3.8, 4) is 0 Å². The Morgan fingerprint density at radius 1 is 1.33 bits per heavy atom. The lowest BCUT2D eigenvalue weighted by molar-refractivity contribution is 0.861. The van der Waals surface area contributed by atoms with Gasteiger partial charge in [0.2, 0.25) is 0 Å². The summed E-state index contributed by atoms with van der Waals surface area (Å²) in [5.41, 5.74) is 3.96. The van der Waals surface area contributed by atoms with Gasteiger partial charge in [-0.1, -0.05) is 39.0 Å². The van der Waals surface area contributed by atoms with Gasteiger partial charge in [-0.3, -0.25) is 0 Å². The first kappa shape index (κ1) is 9.31. The molecule has 0 heteroatoms. The molecule has 0 unspecified atom stereocenters. The van der Waals surface area contributed by atoms with Gasteiger partial charge in [-0.25, -0.2) is 0 Å². The second-order valence-corrected chi connectivity index (χ2v) is 3.54. The fourth-order valence-electron chi connectivity index (χ4n) is 1.33. The average molecular weight is 161 g/mol. The van der Waals surface area contributed by atoms with Gasteiger partial charge in [0.15, 0.2) is 0 Å². The molecule has 0 bridgehead atoms. The molecule has 0 spiro atoms. The second-order valence-electron chi connectivity index (χ2n) is 3.54. The third kappa shape index (κ3) is 1.88. The quantitative estimate of drug-likeness (QED) is 0.622. The summed E-state index contributed by atoms with van der Waals surface area (Å²) in [5, 5.41) is 0. The van der Waals surface area contributed by atoms with Crippen molar-refractivity contribution < 1.29 is 0 Å². The van der Waals surface area contributed by atoms with Gasteiger partial charge in [-0.2, -0.15) is 0 Å². The maximum absolute atomic E-state index is 3.99. The van der Waals surface area contributed by atoms with Crippen LogP contribution in [0, 0.1) is 6.92 Å². The van der Waals surface area contributed by atoms with Gasteiger partial charge in [0.1, 0.15) is 0 Å². The minimum atomic E-state index is 0.621. The van der Waals surface area contributed by atoms with Gasteiger partial charge in [0.05, 0.1) is 0 Å². The zero-order valence-electron chi connectivity index (χ0n) is 8.22. The van der Waals surface area contributed by atoms with Crippen molar-refractivity contribution in [1.29, 1.82) is 0 Å². The molecular weight excluding hydrogens is 144 g/mol. The highest BCUT2D eigenvalue weighted by Gasteiger charge is 2.01. The van der Waals surface area contributed by atoms with Gasteiger partial charge < -0.3 is 0 Å². The van der Waals surface area contributed by atoms with Crippen molar-refractivity contribution in [1.82, 2.24) is 0 Å². The standard InChI is InChI=1S/C12H17/c1-5-11-8-12(9(2)3)7-6-10(11)4/h6-9H,4-5H2,1-3H3. The molecule has 65 valence electrons. The summed E-state index contributed by atoms with van der Waals surface area (Å²) in [6.45, 7) is 10.6. The van der Waals surface area contributed by atoms with Crippen LogP contribution in [0.15, 0.2) is 18.2 Å². The summed E-state index contributed by atoms with van der Waals surface area (Å²) in [5.74, 6) is 0.621. The molecule has 0 heterocycles. The molecule has 0 aliphatic carbocycles. The monoisotopic (exact) mass is 161 g/mol. The molecule has 0 N–H and O–H groups in total. The van der Waals surface area contributed by atoms with E-state index in [0.717, 1.165) is 6.42 Å². The smallest absolute Gasteiger partial charge is 0.0219 e. The highest BCUT2D eigenvalue weighted by molar-refractivity contribution is 5.35. The van der Waals surface area contributed by atoms with Crippen molar-refractivity contribution in [3.05, 3.63) is 41.8 Å². The molecule has 1 radical (unpaired) electrons. The first-order chi connectivity index (χ1) is 5.65. The molecule has 0 aliphatic rings. The van der Waals surface area contributed by atoms with E-state index >= 15 is 0 Å². The van der Waals surface area contributed by atoms with Crippen LogP contribution in [0.5, 0.6) is 0 Å². The lowest BCUT2D eigenvalue weighted by Crippen LogP contribution is -1.92. The van der Waals surface area contributed by atoms with E-state index < -0.39 is 0 Å². The lowest BCUT2D eigenvalue weighted by Gasteiger charge is -2.09. The van der Waals surface area contributed by atoms with Crippen molar-refractivity contribution in [2.75, 3.05) is 0 Å². The van der Waals surface area contributed by atoms with E-state index in [2.05, 4.69) is 45.9 Å². The highest BCUT2D eigenvalue weighted by atomic mass is 14.1. The maximum Gasteiger partial charge on any atom is -0.0219 e. The number of rotatable bonds is 2. The van der Waals surface area contributed by atoms with Gasteiger partial charge in [-0.05, 0) is 36.0 Å². The molecule has 0 aliphatic heterocycles. The molecule has 0 aromatic heterocycles. The van der Waals surface area contributed by atoms with Crippen LogP contribution < -0.4 is 0 Å². The molecule has 12 heavy (non-hydrogen) atoms. The molecule has 1 rings (SSSR count). The van der Waals surface area contributed by atoms with Crippen LogP contribution in [0.1, 0.15) is 43.4 Å². The van der Waals surface area contributed by atoms with Crippen LogP contribution in [0.25, 0.3) is 0 Å². The summed E-state index contributed by atoms with van der Waals surface area (Å²) in [7, 11) is 0. The molecule has 0 nitrogen and oxygen atoms in total. The van der Waals surface area contributed by atoms with Crippen LogP contribution in [-0.4, -0.2) is 0 Å². The van der Waals surface area contributed by atoms with Crippen molar-refractivity contribution >= 4 is 0 Å². The molecule has 1 aromatic rings. The summed E-state index contributed by atoms with van der Waals surface area (Å²) in [6, 6.07) is 6.56. The third-order valence-electron chi connectivity index (χ3n) is 2.28. The minimum Gasteiger partial charge on any atom is -0.0613 e. The fraction of sp³-hybridized carbons (Fsp3) is 0.417. The molecule has 0 saturated carbocycles. The Morgan fingerprint density at radius 2 is 2.00 bits per heavy atom. The van der Waals surface area contributed by atoms with E-state index in [4.69, 9.17) is 0 Å². The van der Waals surface area contributed by atoms with E-state index in [1.165, 1.54) is 16.7 Å². The van der Waals surface area contributed by atoms with Crippen LogP contribution in [-0.2, 0) is 6.42 Å². The lowest BCUT2D eigenvalue weighted by atomic mass is 9.97. The first-order valence-corrected chi connectivity index (χ1v) is 4.60. The number of aryl methyl sites for hydroxylation is 1. The van der Waals surface area contributed by atoms with Crippen LogP contribution in [0.2, 0.25) is 0 Å². The van der Waals surface area contributed by atoms with Crippen LogP contribution in [0.3, 0.4) is 0 Å². The number of benzene rings is 1. The number of hydrogen-bond donors (Lipinski definition) is 0. The normalized spacial score (nSPS) is 10.8. The first-order valence-electron chi connectivity index (χ1n) is 4.60. The van der Waals surface area contributed by atoms with E-state index in [1.807, 2.05) is 0 Å². The van der Waals surface area contributed by atoms with Gasteiger partial charge >= 0.3 is 0 Å². The average Bonchev–Trinajstić information content (AvgIpc) is 2.05. The molecule has 0 saturated heterocycles. The van der Waals surface area contributed by atoms with E-state index in [9.17, 15) is 0 Å². The van der Waals surface area contributed by atoms with E-state index in [0.29, 0.717) is 5.92 Å². The second kappa shape index (κ2) is 3.75. The molecular formula is C12H17. The van der Waals surface area contributed by atoms with Gasteiger partial charge in [0.25, 0.3) is 0 Å². The minimum absolute atomic E-state index is 0.621. The van der Waals surface area contributed by atoms with Gasteiger partial charge in [0, 0.05) is 0 Å². The fourth-order valence-corrected chi connectivity index (χ4v) is 1.33. The van der Waals surface area contributed by atoms with Gasteiger partial charge in [-0.15, -0.1) is 0 Å². The summed E-state index contributed by atoms with van der Waals surface area (Å²) >= 11 is 0. The SMILES string of the molecule is [CH2]c1ccc(C(C)C)cc1CC. The Morgan fingerprint density at radius 3 is 2.50 bits per heavy atom. The Labute approximate surface area is 75.6 Å². The Balaban J connectivity index is 3.05. The molecule has 0 fully saturated rings. The molecule has 1 aromatic carbocycles. The van der Waals surface area contributed by atoms with E-state index in [1.54, 1.807) is 0 Å². The predicted molar refractivity (Wildman–Crippen MR) is 54.4 cm³/mol. The summed E-state index contributed by atoms with van der Waals surface area (Å²) < 4.78 is 0. The van der Waals surface area contributed by atoms with Crippen molar-refractivity contribution in [2.24, 2.45) is 0 Å². The zero-order valence-corrected chi connectivity index (χ0v) is 8.22. The Hall–Kier alpha value is -0.780. The predicted octanol–water partition coefficient (Wildman–Crippen LogP) is 3.55. The Bertz CT molecular complexity index is 259. The summed E-state index contributed by atoms with van der Waals surface area (Å²) in [4.78, 5) is 0. The maximum atomic E-state index is 3.99. The Kier molecular flexibility index (Phi) is 2.91. The zero-order chi connectivity index (χ0) is 9.14. The van der Waals surface area contributed by atoms with Crippen molar-refractivity contribution in [2.45, 2.75) is 33.1 Å². The third-order valence-corrected chi connectivity index (χ3v) is 2.28. The topological polar surface area (TPSA) is 0 Å². The van der Waals surface area contributed by atoms with Crippen LogP contribution in [0.4, 0.5) is 0 Å². The van der Waals surface area contributed by atoms with Crippen molar-refractivity contribution in [3.63, 3.8) is 0 Å². The molecule has 0 atom stereocenters. The van der Waals surface area contributed by atoms with Crippen LogP contribution >= 0.6 is 0 Å². The number of hydrogen-bond acceptors (Lipinski definition) is 0. The highest BCUT2D eigenvalue weighted by Crippen LogP contribution is 2.18. The largest absolute Gasteiger partial charge is 0.0613 e. The van der Waals surface area contributed by atoms with E-state index in [-0.39, 0.29) is 0 Å². The summed E-state index contributed by atoms with van der Waals surface area (Å²) in [6.07, 6.45) is 1.08. The molecule has 0 amide bonds.